The van der Waals surface area contributed by atoms with Crippen molar-refractivity contribution in [2.24, 2.45) is 0 Å². The van der Waals surface area contributed by atoms with Crippen molar-refractivity contribution in [3.8, 4) is 0 Å². The first-order chi connectivity index (χ1) is 15.2. The van der Waals surface area contributed by atoms with Gasteiger partial charge in [-0.3, -0.25) is 4.90 Å². The van der Waals surface area contributed by atoms with Crippen LogP contribution in [0, 0.1) is 0 Å². The Balaban J connectivity index is 1.34. The molecule has 0 spiro atoms. The van der Waals surface area contributed by atoms with Crippen molar-refractivity contribution in [2.75, 3.05) is 20.2 Å². The molecule has 0 aliphatic carbocycles. The number of imidazole rings is 1. The van der Waals surface area contributed by atoms with Gasteiger partial charge in [-0.15, -0.1) is 0 Å². The summed E-state index contributed by atoms with van der Waals surface area (Å²) in [5, 5.41) is 0. The van der Waals surface area contributed by atoms with Gasteiger partial charge in [-0.05, 0) is 35.9 Å². The maximum Gasteiger partial charge on any atom is 0.416 e. The number of nitrogens with one attached hydrogen (secondary N) is 1. The first kappa shape index (κ1) is 22.2. The molecule has 1 aliphatic heterocycles. The van der Waals surface area contributed by atoms with Gasteiger partial charge in [0, 0.05) is 19.6 Å². The Morgan fingerprint density at radius 1 is 1.19 bits per heavy atom. The van der Waals surface area contributed by atoms with E-state index in [4.69, 9.17) is 9.47 Å². The minimum Gasteiger partial charge on any atom is -0.465 e. The maximum atomic E-state index is 14.5. The highest BCUT2D eigenvalue weighted by Crippen LogP contribution is 2.29. The summed E-state index contributed by atoms with van der Waals surface area (Å²) in [5.74, 6) is 0.0362. The predicted octanol–water partition coefficient (Wildman–Crippen LogP) is 4.11. The zero-order valence-electron chi connectivity index (χ0n) is 17.2. The first-order valence-electron chi connectivity index (χ1n) is 9.94. The van der Waals surface area contributed by atoms with Crippen LogP contribution in [0.4, 0.5) is 17.6 Å². The second-order valence-corrected chi connectivity index (χ2v) is 7.66. The number of fused-ring (bicyclic) bond motifs is 1. The lowest BCUT2D eigenvalue weighted by Crippen LogP contribution is -2.24. The Morgan fingerprint density at radius 2 is 1.94 bits per heavy atom. The van der Waals surface area contributed by atoms with Gasteiger partial charge in [-0.1, -0.05) is 12.1 Å². The lowest BCUT2D eigenvalue weighted by molar-refractivity contribution is -0.137. The number of nitrogens with zero attached hydrogens (tertiary/aromatic N) is 2. The molecule has 2 aromatic carbocycles. The van der Waals surface area contributed by atoms with Gasteiger partial charge in [0.05, 0.1) is 29.3 Å². The van der Waals surface area contributed by atoms with E-state index >= 15 is 0 Å². The van der Waals surface area contributed by atoms with Crippen LogP contribution in [-0.2, 0) is 28.8 Å². The quantitative estimate of drug-likeness (QED) is 0.451. The van der Waals surface area contributed by atoms with E-state index < -0.39 is 30.0 Å². The zero-order chi connectivity index (χ0) is 22.9. The highest BCUT2D eigenvalue weighted by atomic mass is 19.4. The van der Waals surface area contributed by atoms with Crippen LogP contribution in [0.5, 0.6) is 0 Å². The predicted molar refractivity (Wildman–Crippen MR) is 108 cm³/mol. The second-order valence-electron chi connectivity index (χ2n) is 7.66. The van der Waals surface area contributed by atoms with Crippen LogP contribution < -0.4 is 0 Å². The Hall–Kier alpha value is -2.98. The molecule has 0 bridgehead atoms. The number of hydrogen-bond donors (Lipinski definition) is 1. The first-order valence-corrected chi connectivity index (χ1v) is 9.94. The number of benzene rings is 2. The molecule has 3 aromatic rings. The van der Waals surface area contributed by atoms with E-state index in [0.29, 0.717) is 41.1 Å². The molecule has 2 heterocycles. The average molecular weight is 451 g/mol. The van der Waals surface area contributed by atoms with Crippen LogP contribution >= 0.6 is 0 Å². The summed E-state index contributed by atoms with van der Waals surface area (Å²) >= 11 is 0. The van der Waals surface area contributed by atoms with E-state index in [9.17, 15) is 22.4 Å². The summed E-state index contributed by atoms with van der Waals surface area (Å²) in [7, 11) is 1.30. The molecule has 1 aromatic heterocycles. The van der Waals surface area contributed by atoms with Gasteiger partial charge in [-0.25, -0.2) is 14.2 Å². The third-order valence-corrected chi connectivity index (χ3v) is 5.35. The highest BCUT2D eigenvalue weighted by molar-refractivity contribution is 5.93. The molecule has 4 rings (SSSR count). The highest BCUT2D eigenvalue weighted by Gasteiger charge is 2.34. The lowest BCUT2D eigenvalue weighted by Gasteiger charge is -2.16. The van der Waals surface area contributed by atoms with Crippen molar-refractivity contribution in [1.29, 1.82) is 0 Å². The van der Waals surface area contributed by atoms with Crippen molar-refractivity contribution >= 4 is 17.0 Å². The smallest absolute Gasteiger partial charge is 0.416 e. The van der Waals surface area contributed by atoms with E-state index in [0.717, 1.165) is 12.1 Å². The number of methoxy groups -OCH3 is 1. The third kappa shape index (κ3) is 4.91. The molecule has 1 fully saturated rings. The van der Waals surface area contributed by atoms with E-state index in [2.05, 4.69) is 9.97 Å². The molecule has 170 valence electrons. The third-order valence-electron chi connectivity index (χ3n) is 5.35. The van der Waals surface area contributed by atoms with Crippen LogP contribution in [0.1, 0.15) is 27.3 Å². The number of carbonyl (C=O) groups is 1. The summed E-state index contributed by atoms with van der Waals surface area (Å²) in [4.78, 5) is 20.9. The van der Waals surface area contributed by atoms with Crippen LogP contribution in [0.3, 0.4) is 0 Å². The van der Waals surface area contributed by atoms with E-state index in [1.54, 1.807) is 23.1 Å². The van der Waals surface area contributed by atoms with Gasteiger partial charge in [0.2, 0.25) is 0 Å². The van der Waals surface area contributed by atoms with Crippen molar-refractivity contribution in [1.82, 2.24) is 14.9 Å². The molecular formula is C22H21F4N3O3. The SMILES string of the molecule is COC(=O)c1ccc2nc(COC3CN(Cc4ccc(C(F)(F)F)cc4)CC3F)[nH]c2c1. The van der Waals surface area contributed by atoms with Crippen LogP contribution in [0.2, 0.25) is 0 Å². The van der Waals surface area contributed by atoms with Gasteiger partial charge < -0.3 is 14.5 Å². The normalized spacial score (nSPS) is 19.5. The number of H-pyrrole nitrogens is 1. The van der Waals surface area contributed by atoms with Gasteiger partial charge in [0.25, 0.3) is 0 Å². The Labute approximate surface area is 181 Å². The minimum atomic E-state index is -4.38. The molecule has 0 saturated carbocycles. The van der Waals surface area contributed by atoms with E-state index in [1.807, 2.05) is 0 Å². The van der Waals surface area contributed by atoms with E-state index in [-0.39, 0.29) is 13.2 Å². The number of rotatable bonds is 6. The van der Waals surface area contributed by atoms with Gasteiger partial charge in [-0.2, -0.15) is 13.2 Å². The molecule has 0 radical (unpaired) electrons. The fourth-order valence-electron chi connectivity index (χ4n) is 3.71. The molecule has 2 atom stereocenters. The summed E-state index contributed by atoms with van der Waals surface area (Å²) in [5.41, 5.74) is 1.62. The summed E-state index contributed by atoms with van der Waals surface area (Å²) in [6.07, 6.45) is -6.28. The Bertz CT molecular complexity index is 1100. The number of hydrogen-bond acceptors (Lipinski definition) is 5. The largest absolute Gasteiger partial charge is 0.465 e. The van der Waals surface area contributed by atoms with Crippen molar-refractivity contribution in [3.63, 3.8) is 0 Å². The zero-order valence-corrected chi connectivity index (χ0v) is 17.2. The van der Waals surface area contributed by atoms with E-state index in [1.165, 1.54) is 19.2 Å². The average Bonchev–Trinajstić information content (AvgIpc) is 3.33. The molecule has 0 amide bonds. The monoisotopic (exact) mass is 451 g/mol. The molecule has 1 saturated heterocycles. The molecule has 32 heavy (non-hydrogen) atoms. The van der Waals surface area contributed by atoms with Crippen LogP contribution in [0.15, 0.2) is 42.5 Å². The van der Waals surface area contributed by atoms with Crippen molar-refractivity contribution in [3.05, 3.63) is 65.0 Å². The number of carbonyl (C=O) groups excluding carboxylic acids is 1. The molecule has 6 nitrogen and oxygen atoms in total. The Kier molecular flexibility index (Phi) is 6.16. The number of halogens is 4. The van der Waals surface area contributed by atoms with Crippen LogP contribution in [-0.4, -0.2) is 53.3 Å². The Morgan fingerprint density at radius 3 is 2.62 bits per heavy atom. The van der Waals surface area contributed by atoms with Crippen molar-refractivity contribution < 1.29 is 31.8 Å². The van der Waals surface area contributed by atoms with Crippen LogP contribution in [0.25, 0.3) is 11.0 Å². The molecule has 10 heteroatoms. The lowest BCUT2D eigenvalue weighted by atomic mass is 10.1. The molecular weight excluding hydrogens is 430 g/mol. The number of ether oxygens (including phenoxy) is 2. The van der Waals surface area contributed by atoms with Gasteiger partial charge in [0.1, 0.15) is 24.7 Å². The number of aromatic amines is 1. The molecule has 2 unspecified atom stereocenters. The topological polar surface area (TPSA) is 67.5 Å². The fraction of sp³-hybridized carbons (Fsp3) is 0.364. The molecule has 1 N–H and O–H groups in total. The second kappa shape index (κ2) is 8.87. The summed E-state index contributed by atoms with van der Waals surface area (Å²) < 4.78 is 62.9. The van der Waals surface area contributed by atoms with Gasteiger partial charge >= 0.3 is 12.1 Å². The summed E-state index contributed by atoms with van der Waals surface area (Å²) in [6, 6.07) is 9.77. The number of esters is 1. The number of aromatic nitrogens is 2. The fourth-order valence-corrected chi connectivity index (χ4v) is 3.71. The maximum absolute atomic E-state index is 14.5. The van der Waals surface area contributed by atoms with Crippen molar-refractivity contribution in [2.45, 2.75) is 31.6 Å². The number of alkyl halides is 4. The molecule has 1 aliphatic rings. The summed E-state index contributed by atoms with van der Waals surface area (Å²) in [6.45, 7) is 0.837. The minimum absolute atomic E-state index is 0.0570. The van der Waals surface area contributed by atoms with Gasteiger partial charge in [0.15, 0.2) is 0 Å². The standard InChI is InChI=1S/C22H21F4N3O3/c1-31-21(30)14-4-7-17-18(8-14)28-20(27-17)12-32-19-11-29(10-16(19)23)9-13-2-5-15(6-3-13)22(24,25)26/h2-8,16,19H,9-12H2,1H3,(H,27,28). The number of likely N-dealkylation sites (tertiary alicyclic amines) is 1.